The number of nitrogens with zero attached hydrogens (tertiary/aromatic N) is 3. The molecule has 0 aliphatic heterocycles. The van der Waals surface area contributed by atoms with E-state index in [0.717, 1.165) is 19.3 Å². The fraction of sp³-hybridized carbons (Fsp3) is 0.692. The number of aryl methyl sites for hydroxylation is 1. The molecule has 0 atom stereocenters. The molecule has 21 heavy (non-hydrogen) atoms. The van der Waals surface area contributed by atoms with Crippen LogP contribution in [0.25, 0.3) is 0 Å². The number of aromatic nitrogens is 3. The maximum Gasteiger partial charge on any atom is 0.314 e. The van der Waals surface area contributed by atoms with Gasteiger partial charge < -0.3 is 15.7 Å². The second-order valence-corrected chi connectivity index (χ2v) is 5.42. The molecule has 0 bridgehead atoms. The van der Waals surface area contributed by atoms with Crippen LogP contribution in [0.5, 0.6) is 0 Å². The average molecular weight is 295 g/mol. The molecular weight excluding hydrogens is 274 g/mol. The van der Waals surface area contributed by atoms with Crippen LogP contribution in [0.4, 0.5) is 4.79 Å². The van der Waals surface area contributed by atoms with Crippen LogP contribution in [0.2, 0.25) is 0 Å². The molecule has 1 fully saturated rings. The topological polar surface area (TPSA) is 109 Å². The highest BCUT2D eigenvalue weighted by molar-refractivity contribution is 5.78. The van der Waals surface area contributed by atoms with Crippen molar-refractivity contribution < 1.29 is 14.7 Å². The Labute approximate surface area is 122 Å². The van der Waals surface area contributed by atoms with E-state index in [0.29, 0.717) is 25.9 Å². The van der Waals surface area contributed by atoms with Crippen molar-refractivity contribution in [1.82, 2.24) is 25.6 Å². The molecule has 116 valence electrons. The number of carboxylic acids is 1. The summed E-state index contributed by atoms with van der Waals surface area (Å²) in [5.74, 6) is -0.813. The first-order valence-corrected chi connectivity index (χ1v) is 7.22. The third kappa shape index (κ3) is 4.17. The van der Waals surface area contributed by atoms with Crippen molar-refractivity contribution in [3.05, 3.63) is 12.4 Å². The summed E-state index contributed by atoms with van der Waals surface area (Å²) >= 11 is 0. The van der Waals surface area contributed by atoms with E-state index in [1.807, 2.05) is 0 Å². The first-order chi connectivity index (χ1) is 10.1. The predicted octanol–water partition coefficient (Wildman–Crippen LogP) is 0.612. The Hall–Kier alpha value is -2.12. The highest BCUT2D eigenvalue weighted by Crippen LogP contribution is 2.37. The lowest BCUT2D eigenvalue weighted by molar-refractivity contribution is -0.148. The van der Waals surface area contributed by atoms with Crippen LogP contribution in [0.1, 0.15) is 32.1 Å². The van der Waals surface area contributed by atoms with E-state index < -0.39 is 11.4 Å². The van der Waals surface area contributed by atoms with E-state index in [-0.39, 0.29) is 12.6 Å². The molecule has 1 aromatic rings. The zero-order valence-electron chi connectivity index (χ0n) is 11.9. The number of urea groups is 1. The van der Waals surface area contributed by atoms with Crippen LogP contribution in [0.15, 0.2) is 12.4 Å². The maximum atomic E-state index is 11.7. The molecule has 0 spiro atoms. The van der Waals surface area contributed by atoms with Gasteiger partial charge in [-0.15, -0.1) is 5.10 Å². The molecule has 3 N–H and O–H groups in total. The molecule has 2 rings (SSSR count). The number of hydrogen-bond donors (Lipinski definition) is 3. The Balaban J connectivity index is 1.64. The van der Waals surface area contributed by atoms with Crippen molar-refractivity contribution in [2.75, 3.05) is 13.1 Å². The summed E-state index contributed by atoms with van der Waals surface area (Å²) in [5.41, 5.74) is -0.780. The van der Waals surface area contributed by atoms with Crippen molar-refractivity contribution >= 4 is 12.0 Å². The number of carboxylic acid groups (broad SMARTS) is 1. The summed E-state index contributed by atoms with van der Waals surface area (Å²) in [4.78, 5) is 23.0. The molecule has 1 aliphatic rings. The summed E-state index contributed by atoms with van der Waals surface area (Å²) in [5, 5.41) is 22.2. The van der Waals surface area contributed by atoms with E-state index in [9.17, 15) is 14.7 Å². The summed E-state index contributed by atoms with van der Waals surface area (Å²) in [6, 6.07) is -0.318. The van der Waals surface area contributed by atoms with Gasteiger partial charge in [0.25, 0.3) is 0 Å². The lowest BCUT2D eigenvalue weighted by Gasteiger charge is -2.24. The molecule has 0 saturated heterocycles. The number of hydrogen-bond acceptors (Lipinski definition) is 4. The van der Waals surface area contributed by atoms with Gasteiger partial charge in [0.1, 0.15) is 0 Å². The lowest BCUT2D eigenvalue weighted by atomic mass is 9.86. The highest BCUT2D eigenvalue weighted by Gasteiger charge is 2.41. The molecule has 1 heterocycles. The van der Waals surface area contributed by atoms with E-state index in [1.54, 1.807) is 17.1 Å². The molecule has 0 unspecified atom stereocenters. The number of amides is 2. The average Bonchev–Trinajstić information content (AvgIpc) is 3.13. The molecule has 0 aromatic carbocycles. The van der Waals surface area contributed by atoms with E-state index >= 15 is 0 Å². The predicted molar refractivity (Wildman–Crippen MR) is 74.6 cm³/mol. The van der Waals surface area contributed by atoms with Gasteiger partial charge in [-0.05, 0) is 19.3 Å². The van der Waals surface area contributed by atoms with Crippen molar-refractivity contribution in [2.45, 2.75) is 38.6 Å². The first-order valence-electron chi connectivity index (χ1n) is 7.22. The third-order valence-electron chi connectivity index (χ3n) is 3.92. The Bertz CT molecular complexity index is 468. The van der Waals surface area contributed by atoms with Crippen LogP contribution in [0, 0.1) is 5.41 Å². The minimum Gasteiger partial charge on any atom is -0.481 e. The van der Waals surface area contributed by atoms with Crippen molar-refractivity contribution in [3.8, 4) is 0 Å². The van der Waals surface area contributed by atoms with E-state index in [4.69, 9.17) is 0 Å². The van der Waals surface area contributed by atoms with Crippen LogP contribution in [-0.2, 0) is 11.3 Å². The van der Waals surface area contributed by atoms with Gasteiger partial charge in [-0.3, -0.25) is 9.48 Å². The van der Waals surface area contributed by atoms with Crippen LogP contribution < -0.4 is 10.6 Å². The summed E-state index contributed by atoms with van der Waals surface area (Å²) < 4.78 is 1.69. The van der Waals surface area contributed by atoms with Gasteiger partial charge in [-0.2, -0.15) is 0 Å². The molecule has 8 heteroatoms. The third-order valence-corrected chi connectivity index (χ3v) is 3.92. The Morgan fingerprint density at radius 2 is 2.05 bits per heavy atom. The molecule has 8 nitrogen and oxygen atoms in total. The van der Waals surface area contributed by atoms with Gasteiger partial charge >= 0.3 is 12.0 Å². The normalized spacial score (nSPS) is 16.6. The minimum absolute atomic E-state index is 0.192. The number of carbonyl (C=O) groups excluding carboxylic acids is 1. The number of rotatable bonds is 7. The molecule has 0 radical (unpaired) electrons. The quantitative estimate of drug-likeness (QED) is 0.639. The van der Waals surface area contributed by atoms with Gasteiger partial charge in [-0.25, -0.2) is 4.79 Å². The van der Waals surface area contributed by atoms with Crippen molar-refractivity contribution in [1.29, 1.82) is 0 Å². The van der Waals surface area contributed by atoms with Gasteiger partial charge in [0.05, 0.1) is 11.6 Å². The molecule has 1 aliphatic carbocycles. The minimum atomic E-state index is -0.813. The van der Waals surface area contributed by atoms with Gasteiger partial charge in [0.2, 0.25) is 0 Å². The monoisotopic (exact) mass is 295 g/mol. The smallest absolute Gasteiger partial charge is 0.314 e. The van der Waals surface area contributed by atoms with Crippen LogP contribution in [-0.4, -0.2) is 45.2 Å². The van der Waals surface area contributed by atoms with Crippen molar-refractivity contribution in [2.24, 2.45) is 5.41 Å². The fourth-order valence-corrected chi connectivity index (χ4v) is 2.62. The summed E-state index contributed by atoms with van der Waals surface area (Å²) in [6.45, 7) is 1.38. The second-order valence-electron chi connectivity index (χ2n) is 5.42. The second kappa shape index (κ2) is 7.05. The highest BCUT2D eigenvalue weighted by atomic mass is 16.4. The van der Waals surface area contributed by atoms with Gasteiger partial charge in [0, 0.05) is 25.8 Å². The van der Waals surface area contributed by atoms with E-state index in [2.05, 4.69) is 20.9 Å². The summed E-state index contributed by atoms with van der Waals surface area (Å²) in [6.07, 6.45) is 7.19. The molecular formula is C13H21N5O3. The number of nitrogens with one attached hydrogen (secondary N) is 2. The lowest BCUT2D eigenvalue weighted by Crippen LogP contribution is -2.45. The Morgan fingerprint density at radius 1 is 1.29 bits per heavy atom. The van der Waals surface area contributed by atoms with Crippen molar-refractivity contribution in [3.63, 3.8) is 0 Å². The van der Waals surface area contributed by atoms with Crippen LogP contribution >= 0.6 is 0 Å². The summed E-state index contributed by atoms with van der Waals surface area (Å²) in [7, 11) is 0. The number of carbonyl (C=O) groups is 2. The first kappa shape index (κ1) is 15.3. The van der Waals surface area contributed by atoms with Crippen LogP contribution in [0.3, 0.4) is 0 Å². The van der Waals surface area contributed by atoms with E-state index in [1.165, 1.54) is 0 Å². The fourth-order valence-electron chi connectivity index (χ4n) is 2.62. The van der Waals surface area contributed by atoms with Gasteiger partial charge in [-0.1, -0.05) is 18.1 Å². The SMILES string of the molecule is O=C(NCCCn1ccnn1)NCC1(C(=O)O)CCCC1. The standard InChI is InChI=1S/C13H21N5O3/c19-11(20)13(4-1-2-5-13)10-15-12(21)14-6-3-8-18-9-7-16-17-18/h7,9H,1-6,8,10H2,(H,19,20)(H2,14,15,21). The Morgan fingerprint density at radius 3 is 2.67 bits per heavy atom. The maximum absolute atomic E-state index is 11.7. The zero-order valence-corrected chi connectivity index (χ0v) is 11.9. The largest absolute Gasteiger partial charge is 0.481 e. The molecule has 1 aromatic heterocycles. The van der Waals surface area contributed by atoms with Gasteiger partial charge in [0.15, 0.2) is 0 Å². The Kier molecular flexibility index (Phi) is 5.13. The molecule has 1 saturated carbocycles. The number of aliphatic carboxylic acids is 1. The zero-order chi connectivity index (χ0) is 15.1. The molecule has 2 amide bonds.